The first kappa shape index (κ1) is 16.8. The summed E-state index contributed by atoms with van der Waals surface area (Å²) in [6, 6.07) is 6.23. The molecular formula is C19H27N3O2. The van der Waals surface area contributed by atoms with Crippen LogP contribution >= 0.6 is 0 Å². The van der Waals surface area contributed by atoms with Crippen LogP contribution < -0.4 is 15.5 Å². The normalized spacial score (nSPS) is 17.0. The SMILES string of the molecule is Cc1cc(N2CCCC2)ccc1NC(=O)CCCNC(=O)C1CC1. The Balaban J connectivity index is 1.42. The van der Waals surface area contributed by atoms with Gasteiger partial charge >= 0.3 is 0 Å². The molecule has 0 atom stereocenters. The van der Waals surface area contributed by atoms with Gasteiger partial charge < -0.3 is 15.5 Å². The highest BCUT2D eigenvalue weighted by Crippen LogP contribution is 2.28. The molecule has 1 saturated heterocycles. The number of carbonyl (C=O) groups excluding carboxylic acids is 2. The summed E-state index contributed by atoms with van der Waals surface area (Å²) < 4.78 is 0. The van der Waals surface area contributed by atoms with E-state index in [1.165, 1.54) is 18.5 Å². The van der Waals surface area contributed by atoms with Crippen LogP contribution in [0.2, 0.25) is 0 Å². The van der Waals surface area contributed by atoms with Gasteiger partial charge in [0.2, 0.25) is 11.8 Å². The zero-order chi connectivity index (χ0) is 16.9. The second-order valence-corrected chi connectivity index (χ2v) is 6.91. The number of amides is 2. The number of aryl methyl sites for hydroxylation is 1. The maximum Gasteiger partial charge on any atom is 0.224 e. The Kier molecular flexibility index (Phi) is 5.38. The number of anilines is 2. The Morgan fingerprint density at radius 2 is 1.96 bits per heavy atom. The van der Waals surface area contributed by atoms with Gasteiger partial charge in [-0.15, -0.1) is 0 Å². The molecule has 1 aliphatic heterocycles. The molecule has 0 radical (unpaired) electrons. The molecule has 2 aliphatic rings. The van der Waals surface area contributed by atoms with E-state index in [-0.39, 0.29) is 17.7 Å². The zero-order valence-corrected chi connectivity index (χ0v) is 14.4. The van der Waals surface area contributed by atoms with Gasteiger partial charge in [0.25, 0.3) is 0 Å². The van der Waals surface area contributed by atoms with Crippen LogP contribution in [0.1, 0.15) is 44.1 Å². The van der Waals surface area contributed by atoms with Crippen LogP contribution in [0.25, 0.3) is 0 Å². The second-order valence-electron chi connectivity index (χ2n) is 6.91. The molecular weight excluding hydrogens is 302 g/mol. The van der Waals surface area contributed by atoms with Crippen LogP contribution in [-0.2, 0) is 9.59 Å². The van der Waals surface area contributed by atoms with Crippen LogP contribution in [-0.4, -0.2) is 31.4 Å². The minimum Gasteiger partial charge on any atom is -0.372 e. The third-order valence-corrected chi connectivity index (χ3v) is 4.78. The summed E-state index contributed by atoms with van der Waals surface area (Å²) in [4.78, 5) is 26.0. The van der Waals surface area contributed by atoms with Crippen molar-refractivity contribution in [3.8, 4) is 0 Å². The largest absolute Gasteiger partial charge is 0.372 e. The lowest BCUT2D eigenvalue weighted by atomic mass is 10.1. The van der Waals surface area contributed by atoms with Crippen molar-refractivity contribution in [1.82, 2.24) is 5.32 Å². The van der Waals surface area contributed by atoms with E-state index in [9.17, 15) is 9.59 Å². The molecule has 3 rings (SSSR count). The lowest BCUT2D eigenvalue weighted by Gasteiger charge is -2.19. The van der Waals surface area contributed by atoms with Crippen molar-refractivity contribution in [2.45, 2.75) is 45.4 Å². The van der Waals surface area contributed by atoms with E-state index < -0.39 is 0 Å². The first-order chi connectivity index (χ1) is 11.6. The van der Waals surface area contributed by atoms with Crippen molar-refractivity contribution < 1.29 is 9.59 Å². The topological polar surface area (TPSA) is 61.4 Å². The van der Waals surface area contributed by atoms with E-state index in [4.69, 9.17) is 0 Å². The molecule has 2 amide bonds. The number of benzene rings is 1. The van der Waals surface area contributed by atoms with E-state index in [1.807, 2.05) is 13.0 Å². The molecule has 1 aliphatic carbocycles. The van der Waals surface area contributed by atoms with E-state index in [2.05, 4.69) is 27.7 Å². The smallest absolute Gasteiger partial charge is 0.224 e. The molecule has 0 bridgehead atoms. The number of rotatable bonds is 7. The third-order valence-electron chi connectivity index (χ3n) is 4.78. The van der Waals surface area contributed by atoms with Crippen LogP contribution in [0, 0.1) is 12.8 Å². The molecule has 5 heteroatoms. The van der Waals surface area contributed by atoms with Gasteiger partial charge in [0.05, 0.1) is 0 Å². The van der Waals surface area contributed by atoms with Gasteiger partial charge in [-0.1, -0.05) is 0 Å². The fourth-order valence-corrected chi connectivity index (χ4v) is 3.12. The highest BCUT2D eigenvalue weighted by molar-refractivity contribution is 5.91. The van der Waals surface area contributed by atoms with E-state index in [0.29, 0.717) is 19.4 Å². The van der Waals surface area contributed by atoms with Gasteiger partial charge in [-0.25, -0.2) is 0 Å². The Bertz CT molecular complexity index is 605. The summed E-state index contributed by atoms with van der Waals surface area (Å²) in [5.41, 5.74) is 3.21. The summed E-state index contributed by atoms with van der Waals surface area (Å²) >= 11 is 0. The molecule has 1 heterocycles. The molecule has 0 aromatic heterocycles. The minimum absolute atomic E-state index is 0.00712. The average Bonchev–Trinajstić information content (AvgIpc) is 3.28. The van der Waals surface area contributed by atoms with Gasteiger partial charge in [0.1, 0.15) is 0 Å². The van der Waals surface area contributed by atoms with Crippen molar-refractivity contribution in [2.75, 3.05) is 29.9 Å². The van der Waals surface area contributed by atoms with Crippen LogP contribution in [0.3, 0.4) is 0 Å². The number of carbonyl (C=O) groups is 2. The maximum absolute atomic E-state index is 12.1. The van der Waals surface area contributed by atoms with Crippen molar-refractivity contribution in [1.29, 1.82) is 0 Å². The summed E-state index contributed by atoms with van der Waals surface area (Å²) in [6.45, 7) is 4.86. The Labute approximate surface area is 143 Å². The van der Waals surface area contributed by atoms with Crippen LogP contribution in [0.4, 0.5) is 11.4 Å². The molecule has 5 nitrogen and oxygen atoms in total. The number of nitrogens with zero attached hydrogens (tertiary/aromatic N) is 1. The summed E-state index contributed by atoms with van der Waals surface area (Å²) in [6.07, 6.45) is 5.65. The van der Waals surface area contributed by atoms with E-state index in [0.717, 1.165) is 37.2 Å². The maximum atomic E-state index is 12.1. The first-order valence-electron chi connectivity index (χ1n) is 9.06. The quantitative estimate of drug-likeness (QED) is 0.756. The van der Waals surface area contributed by atoms with Gasteiger partial charge in [-0.05, 0) is 62.8 Å². The van der Waals surface area contributed by atoms with Gasteiger partial charge in [0.15, 0.2) is 0 Å². The lowest BCUT2D eigenvalue weighted by Crippen LogP contribution is -2.26. The molecule has 0 unspecified atom stereocenters. The average molecular weight is 329 g/mol. The number of nitrogens with one attached hydrogen (secondary N) is 2. The molecule has 24 heavy (non-hydrogen) atoms. The van der Waals surface area contributed by atoms with E-state index in [1.54, 1.807) is 0 Å². The molecule has 2 fully saturated rings. The molecule has 0 spiro atoms. The standard InChI is InChI=1S/C19H27N3O2/c1-14-13-16(22-11-2-3-12-22)8-9-17(14)21-18(23)5-4-10-20-19(24)15-6-7-15/h8-9,13,15H,2-7,10-12H2,1H3,(H,20,24)(H,21,23). The molecule has 1 saturated carbocycles. The van der Waals surface area contributed by atoms with Crippen molar-refractivity contribution >= 4 is 23.2 Å². The molecule has 2 N–H and O–H groups in total. The van der Waals surface area contributed by atoms with Gasteiger partial charge in [-0.2, -0.15) is 0 Å². The lowest BCUT2D eigenvalue weighted by molar-refractivity contribution is -0.122. The fourth-order valence-electron chi connectivity index (χ4n) is 3.12. The second kappa shape index (κ2) is 7.69. The number of hydrogen-bond donors (Lipinski definition) is 2. The van der Waals surface area contributed by atoms with Gasteiger partial charge in [-0.3, -0.25) is 9.59 Å². The molecule has 1 aromatic carbocycles. The predicted molar refractivity (Wildman–Crippen MR) is 96.2 cm³/mol. The summed E-state index contributed by atoms with van der Waals surface area (Å²) in [5, 5.41) is 5.87. The first-order valence-corrected chi connectivity index (χ1v) is 9.06. The van der Waals surface area contributed by atoms with Gasteiger partial charge in [0, 0.05) is 43.3 Å². The van der Waals surface area contributed by atoms with Crippen molar-refractivity contribution in [2.24, 2.45) is 5.92 Å². The highest BCUT2D eigenvalue weighted by Gasteiger charge is 2.28. The monoisotopic (exact) mass is 329 g/mol. The highest BCUT2D eigenvalue weighted by atomic mass is 16.2. The Hall–Kier alpha value is -2.04. The Morgan fingerprint density at radius 3 is 2.62 bits per heavy atom. The minimum atomic E-state index is 0.00712. The summed E-state index contributed by atoms with van der Waals surface area (Å²) in [5.74, 6) is 0.382. The zero-order valence-electron chi connectivity index (χ0n) is 14.4. The predicted octanol–water partition coefficient (Wildman–Crippen LogP) is 2.84. The number of hydrogen-bond acceptors (Lipinski definition) is 3. The van der Waals surface area contributed by atoms with Crippen LogP contribution in [0.5, 0.6) is 0 Å². The van der Waals surface area contributed by atoms with E-state index >= 15 is 0 Å². The third kappa shape index (κ3) is 4.49. The fraction of sp³-hybridized carbons (Fsp3) is 0.579. The summed E-state index contributed by atoms with van der Waals surface area (Å²) in [7, 11) is 0. The molecule has 130 valence electrons. The van der Waals surface area contributed by atoms with Crippen molar-refractivity contribution in [3.63, 3.8) is 0 Å². The van der Waals surface area contributed by atoms with Crippen molar-refractivity contribution in [3.05, 3.63) is 23.8 Å². The van der Waals surface area contributed by atoms with Crippen LogP contribution in [0.15, 0.2) is 18.2 Å². The Morgan fingerprint density at radius 1 is 1.21 bits per heavy atom. The molecule has 1 aromatic rings.